The van der Waals surface area contributed by atoms with Crippen LogP contribution in [0.1, 0.15) is 22.5 Å². The molecule has 1 aromatic carbocycles. The number of H-pyrrole nitrogens is 1. The summed E-state index contributed by atoms with van der Waals surface area (Å²) in [6.45, 7) is 3.22. The minimum absolute atomic E-state index is 0.150. The molecule has 2 aromatic rings. The lowest BCUT2D eigenvalue weighted by Gasteiger charge is -2.02. The Morgan fingerprint density at radius 3 is 3.11 bits per heavy atom. The lowest BCUT2D eigenvalue weighted by molar-refractivity contribution is 0.0945. The molecular weight excluding hydrogens is 230 g/mol. The monoisotopic (exact) mass is 247 g/mol. The number of aryl methyl sites for hydroxylation is 1. The number of nitrogens with zero attached hydrogens (tertiary/aromatic N) is 1. The Kier molecular flexibility index (Phi) is 3.94. The van der Waals surface area contributed by atoms with Gasteiger partial charge in [-0.25, -0.2) is 0 Å². The number of benzene rings is 1. The smallest absolute Gasteiger partial charge is 0.272 e. The Hall–Kier alpha value is -1.88. The summed E-state index contributed by atoms with van der Waals surface area (Å²) < 4.78 is 4.93. The predicted molar refractivity (Wildman–Crippen MR) is 69.7 cm³/mol. The highest BCUT2D eigenvalue weighted by molar-refractivity contribution is 6.04. The number of methoxy groups -OCH3 is 1. The molecule has 5 heteroatoms. The van der Waals surface area contributed by atoms with Crippen LogP contribution >= 0.6 is 0 Å². The van der Waals surface area contributed by atoms with E-state index in [2.05, 4.69) is 15.5 Å². The zero-order chi connectivity index (χ0) is 13.0. The predicted octanol–water partition coefficient (Wildman–Crippen LogP) is 1.64. The molecule has 0 saturated heterocycles. The fourth-order valence-electron chi connectivity index (χ4n) is 1.80. The van der Waals surface area contributed by atoms with Gasteiger partial charge in [0.15, 0.2) is 5.69 Å². The highest BCUT2D eigenvalue weighted by Crippen LogP contribution is 2.17. The van der Waals surface area contributed by atoms with E-state index in [0.717, 1.165) is 22.9 Å². The number of aromatic amines is 1. The number of rotatable bonds is 5. The van der Waals surface area contributed by atoms with Crippen molar-refractivity contribution in [3.63, 3.8) is 0 Å². The van der Waals surface area contributed by atoms with E-state index >= 15 is 0 Å². The summed E-state index contributed by atoms with van der Waals surface area (Å²) in [5.74, 6) is -0.150. The molecule has 1 amide bonds. The van der Waals surface area contributed by atoms with E-state index < -0.39 is 0 Å². The Balaban J connectivity index is 2.10. The number of nitrogens with one attached hydrogen (secondary N) is 2. The fraction of sp³-hybridized carbons (Fsp3) is 0.385. The summed E-state index contributed by atoms with van der Waals surface area (Å²) in [7, 11) is 1.64. The van der Waals surface area contributed by atoms with Crippen molar-refractivity contribution >= 4 is 16.8 Å². The van der Waals surface area contributed by atoms with Crippen LogP contribution in [0.5, 0.6) is 0 Å². The summed E-state index contributed by atoms with van der Waals surface area (Å²) >= 11 is 0. The average molecular weight is 247 g/mol. The summed E-state index contributed by atoms with van der Waals surface area (Å²) in [6.07, 6.45) is 0.795. The van der Waals surface area contributed by atoms with Gasteiger partial charge in [-0.15, -0.1) is 0 Å². The van der Waals surface area contributed by atoms with Gasteiger partial charge in [0.25, 0.3) is 5.91 Å². The molecule has 0 spiro atoms. The number of aromatic nitrogens is 2. The fourth-order valence-corrected chi connectivity index (χ4v) is 1.80. The van der Waals surface area contributed by atoms with Crippen molar-refractivity contribution in [3.8, 4) is 0 Å². The Morgan fingerprint density at radius 1 is 1.50 bits per heavy atom. The number of carbonyl (C=O) groups is 1. The molecule has 1 heterocycles. The minimum atomic E-state index is -0.150. The van der Waals surface area contributed by atoms with Crippen molar-refractivity contribution in [1.82, 2.24) is 15.5 Å². The van der Waals surface area contributed by atoms with E-state index in [4.69, 9.17) is 4.74 Å². The topological polar surface area (TPSA) is 67.0 Å². The molecule has 96 valence electrons. The third-order valence-corrected chi connectivity index (χ3v) is 2.74. The second-order valence-corrected chi connectivity index (χ2v) is 4.22. The normalized spacial score (nSPS) is 10.8. The standard InChI is InChI=1S/C13H17N3O2/c1-9-4-5-11-10(8-9)12(16-15-11)13(17)14-6-3-7-18-2/h4-5,8H,3,6-7H2,1-2H3,(H,14,17)(H,15,16). The van der Waals surface area contributed by atoms with Gasteiger partial charge in [0, 0.05) is 25.6 Å². The van der Waals surface area contributed by atoms with E-state index in [0.29, 0.717) is 18.8 Å². The van der Waals surface area contributed by atoms with Gasteiger partial charge >= 0.3 is 0 Å². The Morgan fingerprint density at radius 2 is 2.33 bits per heavy atom. The Labute approximate surface area is 106 Å². The molecule has 0 fully saturated rings. The van der Waals surface area contributed by atoms with Crippen molar-refractivity contribution in [2.24, 2.45) is 0 Å². The zero-order valence-corrected chi connectivity index (χ0v) is 10.6. The highest BCUT2D eigenvalue weighted by Gasteiger charge is 2.13. The first-order valence-electron chi connectivity index (χ1n) is 5.94. The van der Waals surface area contributed by atoms with Gasteiger partial charge in [-0.1, -0.05) is 11.6 Å². The molecule has 2 rings (SSSR count). The van der Waals surface area contributed by atoms with Crippen LogP contribution in [-0.4, -0.2) is 36.4 Å². The maximum absolute atomic E-state index is 12.0. The van der Waals surface area contributed by atoms with Crippen LogP contribution in [0.25, 0.3) is 10.9 Å². The van der Waals surface area contributed by atoms with E-state index in [-0.39, 0.29) is 5.91 Å². The molecule has 0 unspecified atom stereocenters. The second kappa shape index (κ2) is 5.64. The maximum Gasteiger partial charge on any atom is 0.272 e. The van der Waals surface area contributed by atoms with Crippen molar-refractivity contribution in [3.05, 3.63) is 29.5 Å². The summed E-state index contributed by atoms with van der Waals surface area (Å²) in [4.78, 5) is 12.0. The molecule has 0 aliphatic rings. The molecule has 0 aliphatic carbocycles. The van der Waals surface area contributed by atoms with Gasteiger partial charge in [-0.05, 0) is 25.5 Å². The molecule has 0 bridgehead atoms. The lowest BCUT2D eigenvalue weighted by atomic mass is 10.1. The van der Waals surface area contributed by atoms with Gasteiger partial charge < -0.3 is 10.1 Å². The largest absolute Gasteiger partial charge is 0.385 e. The number of ether oxygens (including phenoxy) is 1. The van der Waals surface area contributed by atoms with Gasteiger partial charge in [-0.3, -0.25) is 9.89 Å². The second-order valence-electron chi connectivity index (χ2n) is 4.22. The number of hydrogen-bond acceptors (Lipinski definition) is 3. The number of amides is 1. The first kappa shape index (κ1) is 12.6. The molecule has 1 aromatic heterocycles. The number of carbonyl (C=O) groups excluding carboxylic acids is 1. The highest BCUT2D eigenvalue weighted by atomic mass is 16.5. The molecule has 18 heavy (non-hydrogen) atoms. The molecule has 0 aliphatic heterocycles. The van der Waals surface area contributed by atoms with E-state index in [1.165, 1.54) is 0 Å². The first-order chi connectivity index (χ1) is 8.72. The van der Waals surface area contributed by atoms with Gasteiger partial charge in [0.2, 0.25) is 0 Å². The Bertz CT molecular complexity index is 548. The van der Waals surface area contributed by atoms with Crippen LogP contribution in [0.4, 0.5) is 0 Å². The summed E-state index contributed by atoms with van der Waals surface area (Å²) in [5.41, 5.74) is 2.44. The SMILES string of the molecule is COCCCNC(=O)c1n[nH]c2ccc(C)cc12. The molecule has 2 N–H and O–H groups in total. The van der Waals surface area contributed by atoms with Gasteiger partial charge in [0.1, 0.15) is 0 Å². The van der Waals surface area contributed by atoms with Crippen molar-refractivity contribution < 1.29 is 9.53 Å². The van der Waals surface area contributed by atoms with Crippen LogP contribution < -0.4 is 5.32 Å². The molecule has 5 nitrogen and oxygen atoms in total. The van der Waals surface area contributed by atoms with Gasteiger partial charge in [0.05, 0.1) is 5.52 Å². The molecular formula is C13H17N3O2. The van der Waals surface area contributed by atoms with Crippen LogP contribution in [0, 0.1) is 6.92 Å². The first-order valence-corrected chi connectivity index (χ1v) is 5.94. The maximum atomic E-state index is 12.0. The van der Waals surface area contributed by atoms with Crippen LogP contribution in [0.2, 0.25) is 0 Å². The minimum Gasteiger partial charge on any atom is -0.385 e. The van der Waals surface area contributed by atoms with Crippen LogP contribution in [0.15, 0.2) is 18.2 Å². The third kappa shape index (κ3) is 2.68. The molecule has 0 radical (unpaired) electrons. The third-order valence-electron chi connectivity index (χ3n) is 2.74. The van der Waals surface area contributed by atoms with Crippen molar-refractivity contribution in [1.29, 1.82) is 0 Å². The molecule has 0 saturated carbocycles. The summed E-state index contributed by atoms with van der Waals surface area (Å²) in [5, 5.41) is 10.6. The van der Waals surface area contributed by atoms with Crippen molar-refractivity contribution in [2.45, 2.75) is 13.3 Å². The van der Waals surface area contributed by atoms with Crippen LogP contribution in [-0.2, 0) is 4.74 Å². The van der Waals surface area contributed by atoms with Crippen molar-refractivity contribution in [2.75, 3.05) is 20.3 Å². The quantitative estimate of drug-likeness (QED) is 0.789. The zero-order valence-electron chi connectivity index (χ0n) is 10.6. The summed E-state index contributed by atoms with van der Waals surface area (Å²) in [6, 6.07) is 5.88. The number of fused-ring (bicyclic) bond motifs is 1. The van der Waals surface area contributed by atoms with E-state index in [1.807, 2.05) is 25.1 Å². The average Bonchev–Trinajstić information content (AvgIpc) is 2.77. The van der Waals surface area contributed by atoms with E-state index in [1.54, 1.807) is 7.11 Å². The number of hydrogen-bond donors (Lipinski definition) is 2. The lowest BCUT2D eigenvalue weighted by Crippen LogP contribution is -2.25. The van der Waals surface area contributed by atoms with Gasteiger partial charge in [-0.2, -0.15) is 5.10 Å². The molecule has 0 atom stereocenters. The van der Waals surface area contributed by atoms with E-state index in [9.17, 15) is 4.79 Å². The van der Waals surface area contributed by atoms with Crippen LogP contribution in [0.3, 0.4) is 0 Å².